The van der Waals surface area contributed by atoms with Crippen LogP contribution in [-0.2, 0) is 6.42 Å². The molecule has 3 nitrogen and oxygen atoms in total. The predicted octanol–water partition coefficient (Wildman–Crippen LogP) is 7.10. The molecule has 4 heteroatoms. The molecule has 31 heavy (non-hydrogen) atoms. The molecule has 4 rings (SSSR count). The van der Waals surface area contributed by atoms with E-state index in [0.29, 0.717) is 22.3 Å². The van der Waals surface area contributed by atoms with E-state index >= 15 is 0 Å². The Morgan fingerprint density at radius 1 is 0.968 bits per heavy atom. The van der Waals surface area contributed by atoms with Gasteiger partial charge in [-0.15, -0.1) is 11.3 Å². The molecule has 0 saturated heterocycles. The number of rotatable bonds is 6. The maximum absolute atomic E-state index is 13.3. The lowest BCUT2D eigenvalue weighted by molar-refractivity contribution is 0.104. The zero-order chi connectivity index (χ0) is 21.8. The van der Waals surface area contributed by atoms with Crippen molar-refractivity contribution in [2.24, 2.45) is 0 Å². The molecule has 0 fully saturated rings. The van der Waals surface area contributed by atoms with Crippen LogP contribution < -0.4 is 0 Å². The summed E-state index contributed by atoms with van der Waals surface area (Å²) < 4.78 is 0. The quantitative estimate of drug-likeness (QED) is 0.242. The minimum Gasteiger partial charge on any atom is -0.289 e. The van der Waals surface area contributed by atoms with Gasteiger partial charge in [0.2, 0.25) is 0 Å². The Balaban J connectivity index is 1.77. The third-order valence-electron chi connectivity index (χ3n) is 5.63. The fourth-order valence-electron chi connectivity index (χ4n) is 4.06. The number of nitriles is 2. The zero-order valence-electron chi connectivity index (χ0n) is 17.4. The average molecular weight is 423 g/mol. The smallest absolute Gasteiger partial charge is 0.194 e. The summed E-state index contributed by atoms with van der Waals surface area (Å²) in [5.41, 5.74) is 2.09. The topological polar surface area (TPSA) is 64.7 Å². The number of carbonyl (C=O) groups is 1. The molecule has 1 heterocycles. The second kappa shape index (κ2) is 9.13. The standard InChI is InChI=1S/C27H22N2OS/c1-2-3-4-5-10-21-11-12-22(31-21)15-25-26(20(16-28)17-29)23-13-18-8-6-7-9-19(18)14-24(23)27(25)30/h6-9,11-15H,2-5,10H2,1H3/b25-15-. The van der Waals surface area contributed by atoms with E-state index in [2.05, 4.69) is 13.0 Å². The number of unbranched alkanes of at least 4 members (excludes halogenated alkanes) is 3. The number of allylic oxidation sites excluding steroid dienone is 3. The first-order chi connectivity index (χ1) is 15.2. The van der Waals surface area contributed by atoms with E-state index in [-0.39, 0.29) is 11.4 Å². The second-order valence-electron chi connectivity index (χ2n) is 7.72. The highest BCUT2D eigenvalue weighted by molar-refractivity contribution is 7.12. The Labute approximate surface area is 186 Å². The first kappa shape index (κ1) is 20.8. The number of benzene rings is 2. The van der Waals surface area contributed by atoms with Crippen molar-refractivity contribution in [2.45, 2.75) is 39.0 Å². The lowest BCUT2D eigenvalue weighted by Crippen LogP contribution is -1.95. The number of hydrogen-bond acceptors (Lipinski definition) is 4. The number of ketones is 1. The van der Waals surface area contributed by atoms with Crippen LogP contribution in [0.25, 0.3) is 22.4 Å². The third kappa shape index (κ3) is 4.08. The van der Waals surface area contributed by atoms with Crippen molar-refractivity contribution >= 4 is 39.5 Å². The van der Waals surface area contributed by atoms with Crippen molar-refractivity contribution in [1.82, 2.24) is 0 Å². The van der Waals surface area contributed by atoms with Crippen LogP contribution >= 0.6 is 11.3 Å². The van der Waals surface area contributed by atoms with Gasteiger partial charge in [-0.1, -0.05) is 50.5 Å². The Hall–Kier alpha value is -3.47. The molecule has 0 unspecified atom stereocenters. The van der Waals surface area contributed by atoms with E-state index in [9.17, 15) is 15.3 Å². The van der Waals surface area contributed by atoms with Crippen molar-refractivity contribution in [3.63, 3.8) is 0 Å². The summed E-state index contributed by atoms with van der Waals surface area (Å²) in [5, 5.41) is 21.1. The van der Waals surface area contributed by atoms with Crippen LogP contribution in [0, 0.1) is 22.7 Å². The minimum atomic E-state index is -0.128. The Bertz CT molecular complexity index is 1290. The molecule has 1 aliphatic rings. The molecule has 0 atom stereocenters. The summed E-state index contributed by atoms with van der Waals surface area (Å²) in [6.07, 6.45) is 7.75. The second-order valence-corrected chi connectivity index (χ2v) is 8.92. The molecule has 1 aliphatic carbocycles. The molecule has 0 bridgehead atoms. The van der Waals surface area contributed by atoms with Crippen LogP contribution in [0.4, 0.5) is 0 Å². The fraction of sp³-hybridized carbons (Fsp3) is 0.222. The van der Waals surface area contributed by atoms with Crippen molar-refractivity contribution in [1.29, 1.82) is 10.5 Å². The number of fused-ring (bicyclic) bond motifs is 2. The number of hydrogen-bond donors (Lipinski definition) is 0. The van der Waals surface area contributed by atoms with Crippen molar-refractivity contribution in [2.75, 3.05) is 0 Å². The van der Waals surface area contributed by atoms with E-state index in [4.69, 9.17) is 0 Å². The molecule has 0 aliphatic heterocycles. The zero-order valence-corrected chi connectivity index (χ0v) is 18.3. The van der Waals surface area contributed by atoms with Crippen molar-refractivity contribution in [3.8, 4) is 12.1 Å². The molecule has 0 N–H and O–H groups in total. The summed E-state index contributed by atoms with van der Waals surface area (Å²) >= 11 is 1.67. The molecular formula is C27H22N2OS. The Morgan fingerprint density at radius 2 is 1.68 bits per heavy atom. The number of thiophene rings is 1. The third-order valence-corrected chi connectivity index (χ3v) is 6.73. The maximum Gasteiger partial charge on any atom is 0.194 e. The van der Waals surface area contributed by atoms with Gasteiger partial charge < -0.3 is 0 Å². The van der Waals surface area contributed by atoms with E-state index in [1.807, 2.05) is 60.7 Å². The van der Waals surface area contributed by atoms with Crippen LogP contribution in [0.5, 0.6) is 0 Å². The van der Waals surface area contributed by atoms with Gasteiger partial charge in [0.1, 0.15) is 17.7 Å². The predicted molar refractivity (Wildman–Crippen MR) is 127 cm³/mol. The van der Waals surface area contributed by atoms with Gasteiger partial charge in [-0.3, -0.25) is 4.79 Å². The number of Topliss-reactive ketones (excluding diaryl/α,β-unsaturated/α-hetero) is 1. The average Bonchev–Trinajstić information content (AvgIpc) is 3.34. The van der Waals surface area contributed by atoms with Crippen LogP contribution in [0.15, 0.2) is 59.7 Å². The summed E-state index contributed by atoms with van der Waals surface area (Å²) in [5.74, 6) is -0.128. The van der Waals surface area contributed by atoms with E-state index in [0.717, 1.165) is 22.1 Å². The molecule has 0 amide bonds. The maximum atomic E-state index is 13.3. The summed E-state index contributed by atoms with van der Waals surface area (Å²) in [6, 6.07) is 19.7. The molecule has 0 saturated carbocycles. The van der Waals surface area contributed by atoms with Gasteiger partial charge in [0.25, 0.3) is 0 Å². The monoisotopic (exact) mass is 422 g/mol. The molecule has 152 valence electrons. The molecule has 2 aromatic carbocycles. The summed E-state index contributed by atoms with van der Waals surface area (Å²) in [4.78, 5) is 15.6. The normalized spacial score (nSPS) is 14.0. The number of aryl methyl sites for hydroxylation is 1. The largest absolute Gasteiger partial charge is 0.289 e. The van der Waals surface area contributed by atoms with Crippen LogP contribution in [-0.4, -0.2) is 5.78 Å². The summed E-state index contributed by atoms with van der Waals surface area (Å²) in [6.45, 7) is 2.21. The molecule has 0 spiro atoms. The first-order valence-electron chi connectivity index (χ1n) is 10.6. The van der Waals surface area contributed by atoms with Gasteiger partial charge in [0, 0.05) is 26.5 Å². The minimum absolute atomic E-state index is 0.0232. The first-order valence-corrected chi connectivity index (χ1v) is 11.4. The molecule has 1 aromatic heterocycles. The Morgan fingerprint density at radius 3 is 2.35 bits per heavy atom. The van der Waals surface area contributed by atoms with Crippen molar-refractivity contribution < 1.29 is 4.79 Å². The SMILES string of the molecule is CCCCCCc1ccc(/C=C2\C(=O)c3cc4ccccc4cc3C2=C(C#N)C#N)s1. The van der Waals surface area contributed by atoms with Gasteiger partial charge in [0.15, 0.2) is 5.78 Å². The van der Waals surface area contributed by atoms with Gasteiger partial charge in [0.05, 0.1) is 0 Å². The van der Waals surface area contributed by atoms with Gasteiger partial charge in [-0.25, -0.2) is 0 Å². The van der Waals surface area contributed by atoms with E-state index in [1.54, 1.807) is 11.3 Å². The fourth-order valence-corrected chi connectivity index (χ4v) is 5.06. The van der Waals surface area contributed by atoms with Gasteiger partial charge in [-0.2, -0.15) is 10.5 Å². The lowest BCUT2D eigenvalue weighted by Gasteiger charge is -2.04. The number of nitrogens with zero attached hydrogens (tertiary/aromatic N) is 2. The van der Waals surface area contributed by atoms with Gasteiger partial charge >= 0.3 is 0 Å². The molecule has 3 aromatic rings. The highest BCUT2D eigenvalue weighted by Gasteiger charge is 2.33. The molecule has 0 radical (unpaired) electrons. The number of carbonyl (C=O) groups excluding carboxylic acids is 1. The highest BCUT2D eigenvalue weighted by atomic mass is 32.1. The Kier molecular flexibility index (Phi) is 6.12. The van der Waals surface area contributed by atoms with Crippen molar-refractivity contribution in [3.05, 3.63) is 80.6 Å². The van der Waals surface area contributed by atoms with E-state index in [1.165, 1.54) is 30.6 Å². The molecular weight excluding hydrogens is 400 g/mol. The highest BCUT2D eigenvalue weighted by Crippen LogP contribution is 2.42. The van der Waals surface area contributed by atoms with Gasteiger partial charge in [-0.05, 0) is 59.5 Å². The van der Waals surface area contributed by atoms with Crippen LogP contribution in [0.1, 0.15) is 58.3 Å². The summed E-state index contributed by atoms with van der Waals surface area (Å²) in [7, 11) is 0. The van der Waals surface area contributed by atoms with E-state index < -0.39 is 0 Å². The van der Waals surface area contributed by atoms with Crippen LogP contribution in [0.3, 0.4) is 0 Å². The van der Waals surface area contributed by atoms with Crippen LogP contribution in [0.2, 0.25) is 0 Å². The lowest BCUT2D eigenvalue weighted by atomic mass is 9.97.